The van der Waals surface area contributed by atoms with E-state index in [2.05, 4.69) is 9.97 Å². The Balaban J connectivity index is 1.38. The van der Waals surface area contributed by atoms with Crippen LogP contribution in [0.25, 0.3) is 22.5 Å². The maximum Gasteiger partial charge on any atom is 0.165 e. The number of carbonyl (C=O) groups excluding carboxylic acids is 2. The van der Waals surface area contributed by atoms with Crippen LogP contribution in [-0.2, 0) is 9.59 Å². The standard InChI is InChI=1S/C24H18N2O2/c27-23-21(19-13-11-17(25-19)15-7-3-1-4-8-15)24(28)22(23)20-14-12-18(26-20)16-9-5-2-6-10-16/h1-14,21-22,25-26H. The van der Waals surface area contributed by atoms with E-state index < -0.39 is 11.8 Å². The number of carbonyl (C=O) groups is 2. The van der Waals surface area contributed by atoms with E-state index in [1.54, 1.807) is 0 Å². The Labute approximate surface area is 162 Å². The first-order valence-electron chi connectivity index (χ1n) is 9.28. The molecule has 0 unspecified atom stereocenters. The minimum Gasteiger partial charge on any atom is -0.357 e. The number of nitrogens with one attached hydrogen (secondary N) is 2. The van der Waals surface area contributed by atoms with Crippen LogP contribution >= 0.6 is 0 Å². The number of hydrogen-bond acceptors (Lipinski definition) is 2. The number of hydrogen-bond donors (Lipinski definition) is 2. The summed E-state index contributed by atoms with van der Waals surface area (Å²) >= 11 is 0. The zero-order valence-electron chi connectivity index (χ0n) is 15.1. The van der Waals surface area contributed by atoms with Crippen molar-refractivity contribution in [2.75, 3.05) is 0 Å². The van der Waals surface area contributed by atoms with Gasteiger partial charge in [0.15, 0.2) is 11.6 Å². The third-order valence-electron chi connectivity index (χ3n) is 5.35. The molecule has 1 aliphatic carbocycles. The number of Topliss-reactive ketones (excluding diaryl/α,β-unsaturated/α-hetero) is 2. The van der Waals surface area contributed by atoms with E-state index in [0.29, 0.717) is 11.4 Å². The summed E-state index contributed by atoms with van der Waals surface area (Å²) in [6, 6.07) is 27.2. The molecular formula is C24H18N2O2. The van der Waals surface area contributed by atoms with Crippen molar-refractivity contribution in [3.05, 3.63) is 96.3 Å². The maximum absolute atomic E-state index is 12.8. The van der Waals surface area contributed by atoms with Crippen molar-refractivity contribution in [1.82, 2.24) is 9.97 Å². The highest BCUT2D eigenvalue weighted by atomic mass is 16.2. The van der Waals surface area contributed by atoms with Crippen LogP contribution < -0.4 is 0 Å². The molecule has 0 aliphatic heterocycles. The van der Waals surface area contributed by atoms with Crippen LogP contribution in [0.1, 0.15) is 23.2 Å². The molecule has 136 valence electrons. The van der Waals surface area contributed by atoms with Gasteiger partial charge >= 0.3 is 0 Å². The van der Waals surface area contributed by atoms with Gasteiger partial charge in [-0.15, -0.1) is 0 Å². The van der Waals surface area contributed by atoms with Gasteiger partial charge in [-0.3, -0.25) is 9.59 Å². The van der Waals surface area contributed by atoms with Crippen LogP contribution in [0.15, 0.2) is 84.9 Å². The Morgan fingerprint density at radius 1 is 0.500 bits per heavy atom. The molecule has 0 atom stereocenters. The molecule has 4 nitrogen and oxygen atoms in total. The van der Waals surface area contributed by atoms with Gasteiger partial charge in [0.05, 0.1) is 0 Å². The van der Waals surface area contributed by atoms with E-state index in [1.165, 1.54) is 0 Å². The van der Waals surface area contributed by atoms with Crippen molar-refractivity contribution in [1.29, 1.82) is 0 Å². The van der Waals surface area contributed by atoms with Crippen molar-refractivity contribution >= 4 is 11.6 Å². The number of ketones is 2. The van der Waals surface area contributed by atoms with Gasteiger partial charge in [0.2, 0.25) is 0 Å². The fourth-order valence-electron chi connectivity index (χ4n) is 3.86. The topological polar surface area (TPSA) is 65.7 Å². The van der Waals surface area contributed by atoms with Gasteiger partial charge in [0.1, 0.15) is 11.8 Å². The molecule has 1 aliphatic rings. The summed E-state index contributed by atoms with van der Waals surface area (Å²) in [6.45, 7) is 0. The fraction of sp³-hybridized carbons (Fsp3) is 0.0833. The van der Waals surface area contributed by atoms with Crippen LogP contribution in [0.4, 0.5) is 0 Å². The van der Waals surface area contributed by atoms with Gasteiger partial charge in [-0.05, 0) is 35.4 Å². The average molecular weight is 366 g/mol. The third kappa shape index (κ3) is 2.62. The second kappa shape index (κ2) is 6.50. The van der Waals surface area contributed by atoms with E-state index in [9.17, 15) is 9.59 Å². The molecule has 4 aromatic rings. The summed E-state index contributed by atoms with van der Waals surface area (Å²) < 4.78 is 0. The molecule has 2 aromatic carbocycles. The highest BCUT2D eigenvalue weighted by Crippen LogP contribution is 2.41. The Bertz CT molecular complexity index is 1050. The summed E-state index contributed by atoms with van der Waals surface area (Å²) in [5, 5.41) is 0. The van der Waals surface area contributed by atoms with Gasteiger partial charge < -0.3 is 9.97 Å². The van der Waals surface area contributed by atoms with Crippen molar-refractivity contribution in [3.8, 4) is 22.5 Å². The lowest BCUT2D eigenvalue weighted by Crippen LogP contribution is -2.44. The quantitative estimate of drug-likeness (QED) is 0.514. The van der Waals surface area contributed by atoms with E-state index in [1.807, 2.05) is 84.9 Å². The largest absolute Gasteiger partial charge is 0.357 e. The summed E-state index contributed by atoms with van der Waals surface area (Å²) in [5.74, 6) is -1.53. The molecule has 1 fully saturated rings. The molecule has 2 heterocycles. The first-order chi connectivity index (χ1) is 13.7. The van der Waals surface area contributed by atoms with Gasteiger partial charge in [-0.25, -0.2) is 0 Å². The zero-order valence-corrected chi connectivity index (χ0v) is 15.1. The van der Waals surface area contributed by atoms with E-state index in [4.69, 9.17) is 0 Å². The fourth-order valence-corrected chi connectivity index (χ4v) is 3.86. The zero-order chi connectivity index (χ0) is 19.1. The van der Waals surface area contributed by atoms with Gasteiger partial charge in [-0.2, -0.15) is 0 Å². The second-order valence-corrected chi connectivity index (χ2v) is 7.06. The molecule has 0 radical (unpaired) electrons. The number of H-pyrrole nitrogens is 2. The first kappa shape index (κ1) is 16.5. The summed E-state index contributed by atoms with van der Waals surface area (Å²) in [5.41, 5.74) is 5.21. The van der Waals surface area contributed by atoms with Crippen molar-refractivity contribution in [2.45, 2.75) is 11.8 Å². The van der Waals surface area contributed by atoms with E-state index in [-0.39, 0.29) is 11.6 Å². The SMILES string of the molecule is O=C1C(c2ccc(-c3ccccc3)[nH]2)C(=O)C1c1ccc(-c2ccccc2)[nH]1. The first-order valence-corrected chi connectivity index (χ1v) is 9.28. The highest BCUT2D eigenvalue weighted by Gasteiger charge is 2.51. The smallest absolute Gasteiger partial charge is 0.165 e. The van der Waals surface area contributed by atoms with Crippen molar-refractivity contribution in [2.24, 2.45) is 0 Å². The highest BCUT2D eigenvalue weighted by molar-refractivity contribution is 6.30. The number of aromatic nitrogens is 2. The Morgan fingerprint density at radius 3 is 1.29 bits per heavy atom. The van der Waals surface area contributed by atoms with Crippen LogP contribution in [0, 0.1) is 0 Å². The normalized spacial score (nSPS) is 18.9. The van der Waals surface area contributed by atoms with Crippen LogP contribution in [0.5, 0.6) is 0 Å². The average Bonchev–Trinajstić information content (AvgIpc) is 3.40. The summed E-state index contributed by atoms with van der Waals surface area (Å²) in [6.07, 6.45) is 0. The molecule has 2 aromatic heterocycles. The third-order valence-corrected chi connectivity index (χ3v) is 5.35. The predicted octanol–water partition coefficient (Wildman–Crippen LogP) is 4.70. The lowest BCUT2D eigenvalue weighted by Gasteiger charge is -2.30. The minimum absolute atomic E-state index is 0.0621. The van der Waals surface area contributed by atoms with E-state index >= 15 is 0 Å². The second-order valence-electron chi connectivity index (χ2n) is 7.06. The minimum atomic E-state index is -0.703. The van der Waals surface area contributed by atoms with E-state index in [0.717, 1.165) is 22.5 Å². The van der Waals surface area contributed by atoms with Gasteiger partial charge in [0.25, 0.3) is 0 Å². The van der Waals surface area contributed by atoms with Gasteiger partial charge in [0, 0.05) is 22.8 Å². The Kier molecular flexibility index (Phi) is 3.83. The molecule has 4 heteroatoms. The Hall–Kier alpha value is -3.66. The Morgan fingerprint density at radius 2 is 0.893 bits per heavy atom. The maximum atomic E-state index is 12.8. The number of rotatable bonds is 4. The predicted molar refractivity (Wildman–Crippen MR) is 108 cm³/mol. The molecule has 0 amide bonds. The molecule has 28 heavy (non-hydrogen) atoms. The van der Waals surface area contributed by atoms with Crippen LogP contribution in [0.2, 0.25) is 0 Å². The summed E-state index contributed by atoms with van der Waals surface area (Å²) in [4.78, 5) is 32.1. The van der Waals surface area contributed by atoms with Crippen molar-refractivity contribution < 1.29 is 9.59 Å². The van der Waals surface area contributed by atoms with Crippen LogP contribution in [-0.4, -0.2) is 21.5 Å². The molecule has 5 rings (SSSR count). The lowest BCUT2D eigenvalue weighted by molar-refractivity contribution is -0.142. The number of aromatic amines is 2. The monoisotopic (exact) mass is 366 g/mol. The molecule has 1 saturated carbocycles. The number of benzene rings is 2. The molecule has 2 N–H and O–H groups in total. The van der Waals surface area contributed by atoms with Crippen LogP contribution in [0.3, 0.4) is 0 Å². The molecular weight excluding hydrogens is 348 g/mol. The lowest BCUT2D eigenvalue weighted by atomic mass is 9.69. The molecule has 0 spiro atoms. The summed E-state index contributed by atoms with van der Waals surface area (Å²) in [7, 11) is 0. The molecule has 0 saturated heterocycles. The van der Waals surface area contributed by atoms with Gasteiger partial charge in [-0.1, -0.05) is 60.7 Å². The van der Waals surface area contributed by atoms with Crippen molar-refractivity contribution in [3.63, 3.8) is 0 Å². The molecule has 0 bridgehead atoms.